The summed E-state index contributed by atoms with van der Waals surface area (Å²) in [5.41, 5.74) is 0. The van der Waals surface area contributed by atoms with Gasteiger partial charge in [0, 0.05) is 6.07 Å². The molecular formula is C14H7Cl2. The van der Waals surface area contributed by atoms with Gasteiger partial charge in [-0.2, -0.15) is 0 Å². The average Bonchev–Trinajstić information content (AvgIpc) is 2.28. The minimum atomic E-state index is 0.476. The molecule has 0 amide bonds. The van der Waals surface area contributed by atoms with Crippen molar-refractivity contribution in [3.8, 4) is 0 Å². The van der Waals surface area contributed by atoms with Crippen LogP contribution in [0, 0.1) is 6.07 Å². The molecule has 3 rings (SSSR count). The summed E-state index contributed by atoms with van der Waals surface area (Å²) in [6.07, 6.45) is 0. The van der Waals surface area contributed by atoms with Gasteiger partial charge in [0.05, 0.1) is 10.0 Å². The molecule has 0 N–H and O–H groups in total. The van der Waals surface area contributed by atoms with Gasteiger partial charge < -0.3 is 0 Å². The topological polar surface area (TPSA) is 0 Å². The summed E-state index contributed by atoms with van der Waals surface area (Å²) in [5, 5.41) is 5.46. The van der Waals surface area contributed by atoms with E-state index in [4.69, 9.17) is 23.2 Å². The Hall–Kier alpha value is -1.24. The van der Waals surface area contributed by atoms with Gasteiger partial charge in [0.25, 0.3) is 0 Å². The van der Waals surface area contributed by atoms with Crippen LogP contribution in [0.4, 0.5) is 0 Å². The van der Waals surface area contributed by atoms with Gasteiger partial charge in [0.15, 0.2) is 0 Å². The van der Waals surface area contributed by atoms with Gasteiger partial charge in [-0.1, -0.05) is 47.5 Å². The highest BCUT2D eigenvalue weighted by Crippen LogP contribution is 2.29. The first-order valence-electron chi connectivity index (χ1n) is 4.94. The van der Waals surface area contributed by atoms with Gasteiger partial charge in [-0.15, -0.1) is 0 Å². The molecule has 0 aliphatic rings. The second-order valence-corrected chi connectivity index (χ2v) is 4.50. The Kier molecular flexibility index (Phi) is 2.27. The Morgan fingerprint density at radius 1 is 0.812 bits per heavy atom. The van der Waals surface area contributed by atoms with Crippen molar-refractivity contribution in [3.63, 3.8) is 0 Å². The molecular weight excluding hydrogens is 239 g/mol. The molecule has 0 fully saturated rings. The van der Waals surface area contributed by atoms with Crippen LogP contribution in [0.15, 0.2) is 42.5 Å². The zero-order valence-electron chi connectivity index (χ0n) is 8.30. The lowest BCUT2D eigenvalue weighted by molar-refractivity contribution is 1.75. The van der Waals surface area contributed by atoms with E-state index in [1.165, 1.54) is 10.8 Å². The number of rotatable bonds is 0. The largest absolute Gasteiger partial charge is 0.0827 e. The molecule has 0 bridgehead atoms. The maximum Gasteiger partial charge on any atom is 0.0677 e. The van der Waals surface area contributed by atoms with Crippen LogP contribution < -0.4 is 0 Å². The minimum absolute atomic E-state index is 0.476. The molecule has 0 aliphatic heterocycles. The third-order valence-corrected chi connectivity index (χ3v) is 3.35. The monoisotopic (exact) mass is 245 g/mol. The summed E-state index contributed by atoms with van der Waals surface area (Å²) >= 11 is 11.9. The van der Waals surface area contributed by atoms with E-state index in [1.54, 1.807) is 0 Å². The zero-order chi connectivity index (χ0) is 11.1. The van der Waals surface area contributed by atoms with Crippen LogP contribution >= 0.6 is 23.2 Å². The fourth-order valence-corrected chi connectivity index (χ4v) is 2.18. The molecule has 0 saturated heterocycles. The van der Waals surface area contributed by atoms with Crippen LogP contribution in [0.1, 0.15) is 0 Å². The predicted molar refractivity (Wildman–Crippen MR) is 70.3 cm³/mol. The number of hydrogen-bond acceptors (Lipinski definition) is 0. The Labute approximate surface area is 103 Å². The van der Waals surface area contributed by atoms with E-state index in [1.807, 2.05) is 18.2 Å². The van der Waals surface area contributed by atoms with Crippen LogP contribution in [0.5, 0.6) is 0 Å². The minimum Gasteiger partial charge on any atom is -0.0827 e. The van der Waals surface area contributed by atoms with E-state index >= 15 is 0 Å². The third kappa shape index (κ3) is 1.55. The molecule has 77 valence electrons. The molecule has 0 atom stereocenters. The molecule has 0 nitrogen and oxygen atoms in total. The molecule has 0 unspecified atom stereocenters. The van der Waals surface area contributed by atoms with E-state index in [0.29, 0.717) is 10.0 Å². The summed E-state index contributed by atoms with van der Waals surface area (Å²) in [6, 6.07) is 17.3. The third-order valence-electron chi connectivity index (χ3n) is 2.65. The summed E-state index contributed by atoms with van der Waals surface area (Å²) < 4.78 is 0. The van der Waals surface area contributed by atoms with Gasteiger partial charge in [0.2, 0.25) is 0 Å². The van der Waals surface area contributed by atoms with Gasteiger partial charge in [0.1, 0.15) is 0 Å². The van der Waals surface area contributed by atoms with Crippen molar-refractivity contribution in [3.05, 3.63) is 58.6 Å². The molecule has 1 radical (unpaired) electrons. The lowest BCUT2D eigenvalue weighted by atomic mass is 10.0. The first-order valence-corrected chi connectivity index (χ1v) is 5.69. The maximum atomic E-state index is 5.98. The molecule has 0 heterocycles. The van der Waals surface area contributed by atoms with Crippen molar-refractivity contribution in [2.75, 3.05) is 0 Å². The average molecular weight is 246 g/mol. The molecule has 16 heavy (non-hydrogen) atoms. The van der Waals surface area contributed by atoms with E-state index in [2.05, 4.69) is 30.3 Å². The smallest absolute Gasteiger partial charge is 0.0677 e. The number of fused-ring (bicyclic) bond motifs is 2. The first-order chi connectivity index (χ1) is 7.74. The summed E-state index contributed by atoms with van der Waals surface area (Å²) in [4.78, 5) is 0. The Morgan fingerprint density at radius 3 is 2.25 bits per heavy atom. The molecule has 3 aromatic carbocycles. The molecule has 0 saturated carbocycles. The molecule has 3 aromatic rings. The standard InChI is InChI=1S/C14H7Cl2/c15-13-7-11-5-9-3-1-2-4-10(9)6-12(11)8-14(13)16/h1-7H. The highest BCUT2D eigenvalue weighted by Gasteiger charge is 2.03. The second kappa shape index (κ2) is 3.65. The lowest BCUT2D eigenvalue weighted by Gasteiger charge is -2.03. The number of hydrogen-bond donors (Lipinski definition) is 0. The number of halogens is 2. The van der Waals surface area contributed by atoms with Crippen LogP contribution in [0.2, 0.25) is 10.0 Å². The Morgan fingerprint density at radius 2 is 1.50 bits per heavy atom. The van der Waals surface area contributed by atoms with E-state index < -0.39 is 0 Å². The van der Waals surface area contributed by atoms with Crippen LogP contribution in [-0.4, -0.2) is 0 Å². The SMILES string of the molecule is Clc1[c]c2cc3ccccc3cc2cc1Cl. The fraction of sp³-hybridized carbons (Fsp3) is 0. The summed E-state index contributed by atoms with van der Waals surface area (Å²) in [7, 11) is 0. The van der Waals surface area contributed by atoms with Crippen LogP contribution in [0.3, 0.4) is 0 Å². The summed E-state index contributed by atoms with van der Waals surface area (Å²) in [6.45, 7) is 0. The van der Waals surface area contributed by atoms with Crippen molar-refractivity contribution in [2.45, 2.75) is 0 Å². The highest BCUT2D eigenvalue weighted by atomic mass is 35.5. The lowest BCUT2D eigenvalue weighted by Crippen LogP contribution is -1.78. The zero-order valence-corrected chi connectivity index (χ0v) is 9.81. The molecule has 0 aliphatic carbocycles. The molecule has 0 spiro atoms. The van der Waals surface area contributed by atoms with Crippen molar-refractivity contribution < 1.29 is 0 Å². The van der Waals surface area contributed by atoms with E-state index in [9.17, 15) is 0 Å². The fourth-order valence-electron chi connectivity index (χ4n) is 1.86. The van der Waals surface area contributed by atoms with Crippen LogP contribution in [-0.2, 0) is 0 Å². The highest BCUT2D eigenvalue weighted by molar-refractivity contribution is 6.42. The van der Waals surface area contributed by atoms with Gasteiger partial charge in [-0.25, -0.2) is 0 Å². The normalized spacial score (nSPS) is 11.1. The second-order valence-electron chi connectivity index (χ2n) is 3.72. The van der Waals surface area contributed by atoms with Gasteiger partial charge in [-0.05, 0) is 39.7 Å². The van der Waals surface area contributed by atoms with E-state index in [-0.39, 0.29) is 0 Å². The number of benzene rings is 3. The van der Waals surface area contributed by atoms with Crippen molar-refractivity contribution in [1.82, 2.24) is 0 Å². The van der Waals surface area contributed by atoms with Gasteiger partial charge in [-0.3, -0.25) is 0 Å². The molecule has 0 aromatic heterocycles. The summed E-state index contributed by atoms with van der Waals surface area (Å²) in [5.74, 6) is 0. The molecule has 2 heteroatoms. The maximum absolute atomic E-state index is 5.98. The van der Waals surface area contributed by atoms with Crippen molar-refractivity contribution in [1.29, 1.82) is 0 Å². The predicted octanol–water partition coefficient (Wildman–Crippen LogP) is 5.10. The Balaban J connectivity index is 2.46. The Bertz CT molecular complexity index is 627. The van der Waals surface area contributed by atoms with Gasteiger partial charge >= 0.3 is 0 Å². The van der Waals surface area contributed by atoms with E-state index in [0.717, 1.165) is 10.8 Å². The quantitative estimate of drug-likeness (QED) is 0.484. The first kappa shape index (κ1) is 9.95. The van der Waals surface area contributed by atoms with Crippen molar-refractivity contribution >= 4 is 44.7 Å². The van der Waals surface area contributed by atoms with Crippen molar-refractivity contribution in [2.24, 2.45) is 0 Å². The van der Waals surface area contributed by atoms with Crippen LogP contribution in [0.25, 0.3) is 21.5 Å².